The van der Waals surface area contributed by atoms with Crippen molar-refractivity contribution in [3.8, 4) is 0 Å². The summed E-state index contributed by atoms with van der Waals surface area (Å²) in [7, 11) is -1.33. The van der Waals surface area contributed by atoms with Crippen molar-refractivity contribution >= 4 is 22.6 Å². The molecular weight excluding hydrogens is 334 g/mol. The minimum Gasteiger partial charge on any atom is -0.319 e. The molecule has 0 spiro atoms. The van der Waals surface area contributed by atoms with Gasteiger partial charge in [0.1, 0.15) is 0 Å². The molecule has 5 nitrogen and oxygen atoms in total. The SMILES string of the molecule is CNCC1CCCN(S(=O)(=O)N2CCC(C(C)(C)C)CC2)C1.Cl. The molecule has 0 aromatic carbocycles. The largest absolute Gasteiger partial charge is 0.319 e. The van der Waals surface area contributed by atoms with Gasteiger partial charge in [0, 0.05) is 26.2 Å². The molecule has 1 unspecified atom stereocenters. The Hall–Kier alpha value is 0.120. The van der Waals surface area contributed by atoms with Gasteiger partial charge in [-0.3, -0.25) is 0 Å². The van der Waals surface area contributed by atoms with Gasteiger partial charge in [0.05, 0.1) is 0 Å². The molecule has 0 aromatic heterocycles. The topological polar surface area (TPSA) is 52.7 Å². The monoisotopic (exact) mass is 367 g/mol. The van der Waals surface area contributed by atoms with Crippen molar-refractivity contribution in [1.29, 1.82) is 0 Å². The number of hydrogen-bond acceptors (Lipinski definition) is 3. The highest BCUT2D eigenvalue weighted by atomic mass is 35.5. The van der Waals surface area contributed by atoms with E-state index < -0.39 is 10.2 Å². The maximum Gasteiger partial charge on any atom is 0.281 e. The highest BCUT2D eigenvalue weighted by Gasteiger charge is 2.37. The molecule has 1 N–H and O–H groups in total. The van der Waals surface area contributed by atoms with Crippen LogP contribution in [0.15, 0.2) is 0 Å². The highest BCUT2D eigenvalue weighted by molar-refractivity contribution is 7.86. The van der Waals surface area contributed by atoms with Gasteiger partial charge in [-0.15, -0.1) is 12.4 Å². The smallest absolute Gasteiger partial charge is 0.281 e. The Kier molecular flexibility index (Phi) is 7.80. The Labute approximate surface area is 148 Å². The predicted octanol–water partition coefficient (Wildman–Crippen LogP) is 2.34. The molecule has 0 amide bonds. The van der Waals surface area contributed by atoms with E-state index in [1.807, 2.05) is 7.05 Å². The van der Waals surface area contributed by atoms with E-state index in [2.05, 4.69) is 26.1 Å². The molecule has 0 saturated carbocycles. The lowest BCUT2D eigenvalue weighted by molar-refractivity contribution is 0.146. The van der Waals surface area contributed by atoms with Crippen LogP contribution in [-0.2, 0) is 10.2 Å². The van der Waals surface area contributed by atoms with Gasteiger partial charge in [-0.25, -0.2) is 0 Å². The zero-order valence-corrected chi connectivity index (χ0v) is 16.7. The molecule has 1 atom stereocenters. The number of nitrogens with one attached hydrogen (secondary N) is 1. The van der Waals surface area contributed by atoms with Crippen LogP contribution in [0.5, 0.6) is 0 Å². The van der Waals surface area contributed by atoms with Gasteiger partial charge in [-0.05, 0) is 56.5 Å². The molecule has 2 aliphatic rings. The van der Waals surface area contributed by atoms with Crippen LogP contribution >= 0.6 is 12.4 Å². The van der Waals surface area contributed by atoms with Gasteiger partial charge in [0.25, 0.3) is 10.2 Å². The van der Waals surface area contributed by atoms with Crippen molar-refractivity contribution < 1.29 is 8.42 Å². The third-order valence-electron chi connectivity index (χ3n) is 5.31. The first kappa shape index (κ1) is 21.2. The van der Waals surface area contributed by atoms with Crippen LogP contribution in [-0.4, -0.2) is 56.8 Å². The Morgan fingerprint density at radius 3 is 2.17 bits per heavy atom. The van der Waals surface area contributed by atoms with E-state index in [9.17, 15) is 8.42 Å². The third kappa shape index (κ3) is 5.30. The van der Waals surface area contributed by atoms with Crippen LogP contribution in [0.2, 0.25) is 0 Å². The van der Waals surface area contributed by atoms with Crippen molar-refractivity contribution in [2.75, 3.05) is 39.8 Å². The molecule has 2 fully saturated rings. The Balaban J connectivity index is 0.00000264. The standard InChI is InChI=1S/C16H33N3O2S.ClH/c1-16(2,3)15-7-10-18(11-8-15)22(20,21)19-9-5-6-14(13-19)12-17-4;/h14-15,17H,5-13H2,1-4H3;1H. The van der Waals surface area contributed by atoms with Crippen LogP contribution in [0.1, 0.15) is 46.5 Å². The second-order valence-corrected chi connectivity index (χ2v) is 9.90. The Bertz CT molecular complexity index is 454. The minimum atomic E-state index is -3.27. The van der Waals surface area contributed by atoms with Gasteiger partial charge in [-0.2, -0.15) is 17.0 Å². The second kappa shape index (κ2) is 8.48. The van der Waals surface area contributed by atoms with Crippen molar-refractivity contribution in [3.05, 3.63) is 0 Å². The van der Waals surface area contributed by atoms with Gasteiger partial charge in [-0.1, -0.05) is 20.8 Å². The van der Waals surface area contributed by atoms with Crippen LogP contribution in [0.4, 0.5) is 0 Å². The summed E-state index contributed by atoms with van der Waals surface area (Å²) in [5.41, 5.74) is 0.277. The molecule has 2 rings (SSSR count). The minimum absolute atomic E-state index is 0. The molecular formula is C16H34ClN3O2S. The number of hydrogen-bond donors (Lipinski definition) is 1. The molecule has 7 heteroatoms. The quantitative estimate of drug-likeness (QED) is 0.829. The Morgan fingerprint density at radius 1 is 1.04 bits per heavy atom. The molecule has 23 heavy (non-hydrogen) atoms. The Morgan fingerprint density at radius 2 is 1.65 bits per heavy atom. The van der Waals surface area contributed by atoms with E-state index in [4.69, 9.17) is 0 Å². The summed E-state index contributed by atoms with van der Waals surface area (Å²) < 4.78 is 29.2. The van der Waals surface area contributed by atoms with Crippen molar-refractivity contribution in [2.45, 2.75) is 46.5 Å². The van der Waals surface area contributed by atoms with E-state index >= 15 is 0 Å². The number of nitrogens with zero attached hydrogens (tertiary/aromatic N) is 2. The van der Waals surface area contributed by atoms with E-state index in [-0.39, 0.29) is 17.8 Å². The first-order valence-electron chi connectivity index (χ1n) is 8.65. The van der Waals surface area contributed by atoms with Crippen molar-refractivity contribution in [3.63, 3.8) is 0 Å². The predicted molar refractivity (Wildman–Crippen MR) is 98.1 cm³/mol. The summed E-state index contributed by atoms with van der Waals surface area (Å²) in [6.45, 7) is 10.4. The van der Waals surface area contributed by atoms with Crippen LogP contribution in [0, 0.1) is 17.3 Å². The fraction of sp³-hybridized carbons (Fsp3) is 1.00. The second-order valence-electron chi connectivity index (χ2n) is 7.97. The normalized spacial score (nSPS) is 26.0. The maximum atomic E-state index is 12.9. The van der Waals surface area contributed by atoms with Gasteiger partial charge < -0.3 is 5.32 Å². The fourth-order valence-electron chi connectivity index (χ4n) is 3.81. The average Bonchev–Trinajstić information content (AvgIpc) is 2.47. The zero-order valence-electron chi connectivity index (χ0n) is 15.0. The molecule has 0 bridgehead atoms. The maximum absolute atomic E-state index is 12.9. The molecule has 2 saturated heterocycles. The zero-order chi connectivity index (χ0) is 16.4. The van der Waals surface area contributed by atoms with Gasteiger partial charge in [0.15, 0.2) is 0 Å². The van der Waals surface area contributed by atoms with E-state index in [0.717, 1.165) is 32.2 Å². The lowest BCUT2D eigenvalue weighted by atomic mass is 9.76. The summed E-state index contributed by atoms with van der Waals surface area (Å²) in [6.07, 6.45) is 4.07. The molecule has 138 valence electrons. The summed E-state index contributed by atoms with van der Waals surface area (Å²) in [4.78, 5) is 0. The molecule has 2 heterocycles. The number of halogens is 1. The molecule has 2 aliphatic heterocycles. The van der Waals surface area contributed by atoms with Crippen LogP contribution < -0.4 is 5.32 Å². The lowest BCUT2D eigenvalue weighted by Crippen LogP contribution is -2.51. The van der Waals surface area contributed by atoms with E-state index in [1.165, 1.54) is 0 Å². The number of piperidine rings is 2. The van der Waals surface area contributed by atoms with Crippen molar-refractivity contribution in [1.82, 2.24) is 13.9 Å². The molecule has 0 aromatic rings. The van der Waals surface area contributed by atoms with Gasteiger partial charge >= 0.3 is 0 Å². The van der Waals surface area contributed by atoms with Gasteiger partial charge in [0.2, 0.25) is 0 Å². The lowest BCUT2D eigenvalue weighted by Gasteiger charge is -2.41. The summed E-state index contributed by atoms with van der Waals surface area (Å²) in [6, 6.07) is 0. The highest BCUT2D eigenvalue weighted by Crippen LogP contribution is 2.35. The van der Waals surface area contributed by atoms with E-state index in [1.54, 1.807) is 8.61 Å². The number of rotatable bonds is 4. The first-order chi connectivity index (χ1) is 10.2. The van der Waals surface area contributed by atoms with E-state index in [0.29, 0.717) is 38.0 Å². The first-order valence-corrected chi connectivity index (χ1v) is 10.0. The van der Waals surface area contributed by atoms with Crippen LogP contribution in [0.25, 0.3) is 0 Å². The molecule has 0 radical (unpaired) electrons. The fourth-order valence-corrected chi connectivity index (χ4v) is 5.57. The van der Waals surface area contributed by atoms with Crippen LogP contribution in [0.3, 0.4) is 0 Å². The van der Waals surface area contributed by atoms with Crippen molar-refractivity contribution in [2.24, 2.45) is 17.3 Å². The third-order valence-corrected chi connectivity index (χ3v) is 7.31. The summed E-state index contributed by atoms with van der Waals surface area (Å²) in [5, 5.41) is 3.18. The average molecular weight is 368 g/mol. The summed E-state index contributed by atoms with van der Waals surface area (Å²) in [5.74, 6) is 1.07. The summed E-state index contributed by atoms with van der Waals surface area (Å²) >= 11 is 0. The molecule has 0 aliphatic carbocycles.